The van der Waals surface area contributed by atoms with E-state index in [0.29, 0.717) is 49.6 Å². The van der Waals surface area contributed by atoms with Gasteiger partial charge in [0.15, 0.2) is 0 Å². The quantitative estimate of drug-likeness (QED) is 0.228. The molecule has 0 spiro atoms. The van der Waals surface area contributed by atoms with Crippen molar-refractivity contribution in [3.63, 3.8) is 0 Å². The number of rotatable bonds is 11. The van der Waals surface area contributed by atoms with Crippen molar-refractivity contribution in [1.82, 2.24) is 20.5 Å². The number of aliphatic hydroxyl groups is 1. The van der Waals surface area contributed by atoms with Gasteiger partial charge in [-0.15, -0.1) is 0 Å². The summed E-state index contributed by atoms with van der Waals surface area (Å²) in [6.45, 7) is 3.58. The summed E-state index contributed by atoms with van der Waals surface area (Å²) < 4.78 is 11.7. The monoisotopic (exact) mass is 608 g/mol. The molecule has 9 heteroatoms. The molecule has 2 aliphatic heterocycles. The number of nitrogens with zero attached hydrogens (tertiary/aromatic N) is 2. The van der Waals surface area contributed by atoms with E-state index >= 15 is 0 Å². The van der Waals surface area contributed by atoms with Crippen LogP contribution in [0.3, 0.4) is 0 Å². The van der Waals surface area contributed by atoms with Gasteiger partial charge in [-0.2, -0.15) is 0 Å². The highest BCUT2D eigenvalue weighted by atomic mass is 16.5. The SMILES string of the molecule is Cc1coc([C@H]2CCCN2C(=O)c2cccc(C(=O)N[C@@H](Cc3ccccc3)[C@@H](O)[C@H]3C[C@@H](OCc4ccccc4)CN3)c2)n1. The lowest BCUT2D eigenvalue weighted by molar-refractivity contribution is 0.0419. The third-order valence-electron chi connectivity index (χ3n) is 8.70. The Bertz CT molecular complexity index is 1580. The van der Waals surface area contributed by atoms with Crippen LogP contribution >= 0.6 is 0 Å². The van der Waals surface area contributed by atoms with Gasteiger partial charge >= 0.3 is 0 Å². The van der Waals surface area contributed by atoms with Crippen molar-refractivity contribution in [2.45, 2.75) is 69.5 Å². The molecule has 234 valence electrons. The van der Waals surface area contributed by atoms with Crippen molar-refractivity contribution >= 4 is 11.8 Å². The first-order chi connectivity index (χ1) is 21.9. The minimum absolute atomic E-state index is 0.0460. The van der Waals surface area contributed by atoms with Gasteiger partial charge in [0.25, 0.3) is 11.8 Å². The third kappa shape index (κ3) is 7.50. The van der Waals surface area contributed by atoms with Crippen LogP contribution in [0.4, 0.5) is 0 Å². The fourth-order valence-electron chi connectivity index (χ4n) is 6.32. The van der Waals surface area contributed by atoms with E-state index in [1.54, 1.807) is 35.4 Å². The highest BCUT2D eigenvalue weighted by molar-refractivity contribution is 6.00. The van der Waals surface area contributed by atoms with Crippen molar-refractivity contribution in [1.29, 1.82) is 0 Å². The normalized spacial score (nSPS) is 21.0. The lowest BCUT2D eigenvalue weighted by atomic mass is 9.94. The number of likely N-dealkylation sites (tertiary alicyclic amines) is 1. The first-order valence-corrected chi connectivity index (χ1v) is 15.7. The Kier molecular flexibility index (Phi) is 9.69. The molecule has 45 heavy (non-hydrogen) atoms. The number of hydrogen-bond acceptors (Lipinski definition) is 7. The molecule has 4 aromatic rings. The van der Waals surface area contributed by atoms with Crippen molar-refractivity contribution in [3.05, 3.63) is 125 Å². The zero-order valence-corrected chi connectivity index (χ0v) is 25.5. The van der Waals surface area contributed by atoms with Gasteiger partial charge in [0.05, 0.1) is 30.6 Å². The largest absolute Gasteiger partial charge is 0.446 e. The highest BCUT2D eigenvalue weighted by Gasteiger charge is 2.36. The minimum atomic E-state index is -0.862. The number of oxazole rings is 1. The van der Waals surface area contributed by atoms with Gasteiger partial charge in [-0.1, -0.05) is 66.7 Å². The van der Waals surface area contributed by atoms with E-state index in [1.807, 2.05) is 67.6 Å². The number of carbonyl (C=O) groups is 2. The molecular weight excluding hydrogens is 568 g/mol. The summed E-state index contributed by atoms with van der Waals surface area (Å²) in [4.78, 5) is 33.5. The molecule has 2 aliphatic rings. The van der Waals surface area contributed by atoms with E-state index in [9.17, 15) is 14.7 Å². The maximum atomic E-state index is 13.7. The zero-order valence-electron chi connectivity index (χ0n) is 25.5. The summed E-state index contributed by atoms with van der Waals surface area (Å²) in [6.07, 6.45) is 3.39. The average Bonchev–Trinajstić information content (AvgIpc) is 3.85. The standard InChI is InChI=1S/C36H40N4O5/c1-24-22-45-35(38-24)32-16-9-17-40(32)36(43)28-15-8-14-27(19-28)34(42)39-31(18-25-10-4-2-5-11-25)33(41)30-20-29(21-37-30)44-23-26-12-6-3-7-13-26/h2-8,10-15,19,22,29-33,37,41H,9,16-18,20-21,23H2,1H3,(H,39,42)/t29-,30-,31+,32-,33+/m1/s1. The molecule has 1 aromatic heterocycles. The molecule has 5 atom stereocenters. The van der Waals surface area contributed by atoms with Gasteiger partial charge in [0.2, 0.25) is 5.89 Å². The summed E-state index contributed by atoms with van der Waals surface area (Å²) in [6, 6.07) is 25.5. The molecule has 2 fully saturated rings. The Morgan fingerprint density at radius 2 is 1.78 bits per heavy atom. The van der Waals surface area contributed by atoms with Crippen molar-refractivity contribution in [3.8, 4) is 0 Å². The Labute approximate surface area is 263 Å². The predicted molar refractivity (Wildman–Crippen MR) is 170 cm³/mol. The lowest BCUT2D eigenvalue weighted by Gasteiger charge is -2.29. The lowest BCUT2D eigenvalue weighted by Crippen LogP contribution is -2.52. The summed E-state index contributed by atoms with van der Waals surface area (Å²) in [5, 5.41) is 18.1. The van der Waals surface area contributed by atoms with Crippen LogP contribution in [0.1, 0.15) is 68.7 Å². The van der Waals surface area contributed by atoms with Crippen LogP contribution in [-0.4, -0.2) is 64.2 Å². The highest BCUT2D eigenvalue weighted by Crippen LogP contribution is 2.33. The van der Waals surface area contributed by atoms with Crippen LogP contribution in [0.2, 0.25) is 0 Å². The van der Waals surface area contributed by atoms with Gasteiger partial charge in [-0.3, -0.25) is 9.59 Å². The van der Waals surface area contributed by atoms with Crippen molar-refractivity contribution < 1.29 is 23.8 Å². The molecule has 3 heterocycles. The molecule has 0 aliphatic carbocycles. The Balaban J connectivity index is 1.14. The smallest absolute Gasteiger partial charge is 0.254 e. The van der Waals surface area contributed by atoms with E-state index in [0.717, 1.165) is 29.7 Å². The van der Waals surface area contributed by atoms with E-state index in [4.69, 9.17) is 9.15 Å². The molecule has 3 N–H and O–H groups in total. The van der Waals surface area contributed by atoms with Crippen LogP contribution < -0.4 is 10.6 Å². The number of amides is 2. The number of ether oxygens (including phenoxy) is 1. The maximum absolute atomic E-state index is 13.7. The second-order valence-corrected chi connectivity index (χ2v) is 12.0. The van der Waals surface area contributed by atoms with Gasteiger partial charge in [0.1, 0.15) is 12.3 Å². The van der Waals surface area contributed by atoms with Crippen molar-refractivity contribution in [2.24, 2.45) is 0 Å². The second kappa shape index (κ2) is 14.2. The second-order valence-electron chi connectivity index (χ2n) is 12.0. The van der Waals surface area contributed by atoms with Gasteiger partial charge < -0.3 is 29.8 Å². The minimum Gasteiger partial charge on any atom is -0.446 e. The molecule has 0 radical (unpaired) electrons. The first-order valence-electron chi connectivity index (χ1n) is 15.7. The topological polar surface area (TPSA) is 117 Å². The van der Waals surface area contributed by atoms with Crippen molar-refractivity contribution in [2.75, 3.05) is 13.1 Å². The van der Waals surface area contributed by atoms with Gasteiger partial charge in [0, 0.05) is 30.3 Å². The van der Waals surface area contributed by atoms with Crippen LogP contribution in [-0.2, 0) is 17.8 Å². The fraction of sp³-hybridized carbons (Fsp3) is 0.361. The number of hydrogen-bond donors (Lipinski definition) is 3. The molecule has 9 nitrogen and oxygen atoms in total. The molecule has 6 rings (SSSR count). The van der Waals surface area contributed by atoms with Gasteiger partial charge in [-0.25, -0.2) is 4.98 Å². The summed E-state index contributed by atoms with van der Waals surface area (Å²) in [5.74, 6) is 0.0274. The van der Waals surface area contributed by atoms with Crippen LogP contribution in [0.5, 0.6) is 0 Å². The number of benzene rings is 3. The summed E-state index contributed by atoms with van der Waals surface area (Å²) >= 11 is 0. The van der Waals surface area contributed by atoms with E-state index in [-0.39, 0.29) is 30.0 Å². The average molecular weight is 609 g/mol. The molecule has 0 saturated carbocycles. The third-order valence-corrected chi connectivity index (χ3v) is 8.70. The Morgan fingerprint density at radius 3 is 2.51 bits per heavy atom. The number of aliphatic hydroxyl groups excluding tert-OH is 1. The maximum Gasteiger partial charge on any atom is 0.254 e. The zero-order chi connectivity index (χ0) is 31.2. The predicted octanol–water partition coefficient (Wildman–Crippen LogP) is 4.61. The number of aromatic nitrogens is 1. The Morgan fingerprint density at radius 1 is 1.04 bits per heavy atom. The van der Waals surface area contributed by atoms with Crippen LogP contribution in [0, 0.1) is 6.92 Å². The van der Waals surface area contributed by atoms with E-state index in [1.165, 1.54) is 0 Å². The molecular formula is C36H40N4O5. The molecule has 0 unspecified atom stereocenters. The summed E-state index contributed by atoms with van der Waals surface area (Å²) in [7, 11) is 0. The first kappa shape index (κ1) is 30.7. The molecule has 2 saturated heterocycles. The molecule has 0 bridgehead atoms. The van der Waals surface area contributed by atoms with Crippen LogP contribution in [0.15, 0.2) is 95.6 Å². The Hall–Kier alpha value is -4.31. The van der Waals surface area contributed by atoms with E-state index < -0.39 is 12.1 Å². The fourth-order valence-corrected chi connectivity index (χ4v) is 6.32. The van der Waals surface area contributed by atoms with E-state index in [2.05, 4.69) is 15.6 Å². The molecule has 2 amide bonds. The van der Waals surface area contributed by atoms with Crippen LogP contribution in [0.25, 0.3) is 0 Å². The van der Waals surface area contributed by atoms with Gasteiger partial charge in [-0.05, 0) is 61.9 Å². The number of nitrogens with one attached hydrogen (secondary N) is 2. The number of aryl methyl sites for hydroxylation is 1. The summed E-state index contributed by atoms with van der Waals surface area (Å²) in [5.41, 5.74) is 3.66. The molecule has 3 aromatic carbocycles. The number of carbonyl (C=O) groups excluding carboxylic acids is 2.